The first-order valence-corrected chi connectivity index (χ1v) is 17.1. The van der Waals surface area contributed by atoms with E-state index in [1.54, 1.807) is 0 Å². The Morgan fingerprint density at radius 2 is 1.03 bits per heavy atom. The second-order valence-corrected chi connectivity index (χ2v) is 17.2. The summed E-state index contributed by atoms with van der Waals surface area (Å²) < 4.78 is 37.6. The van der Waals surface area contributed by atoms with Crippen molar-refractivity contribution in [2.75, 3.05) is 105 Å². The van der Waals surface area contributed by atoms with Crippen molar-refractivity contribution in [2.24, 2.45) is 4.52 Å². The normalized spacial score (nSPS) is 35.6. The average Bonchev–Trinajstić information content (AvgIpc) is 2.85. The smallest absolute Gasteiger partial charge is 0.230 e. The lowest BCUT2D eigenvalue weighted by Gasteiger charge is -2.58. The molecular formula is C16H32Cl2N7O4P3. The number of hydrazine groups is 2. The van der Waals surface area contributed by atoms with Gasteiger partial charge in [0.2, 0.25) is 5.91 Å². The SMILES string of the molecule is ClP1(Cl)=NP(N2CCOCC2)N(N2CCOCC2)P(N2CCOCC2)N1N1CCOCC1. The summed E-state index contributed by atoms with van der Waals surface area (Å²) in [6, 6.07) is 0. The second kappa shape index (κ2) is 11.5. The van der Waals surface area contributed by atoms with E-state index in [9.17, 15) is 0 Å². The fourth-order valence-corrected chi connectivity index (χ4v) is 16.0. The van der Waals surface area contributed by atoms with E-state index in [0.29, 0.717) is 39.6 Å². The maximum absolute atomic E-state index is 7.20. The van der Waals surface area contributed by atoms with Gasteiger partial charge in [0.1, 0.15) is 0 Å². The zero-order valence-electron chi connectivity index (χ0n) is 18.2. The molecule has 4 fully saturated rings. The molecule has 5 heterocycles. The molecule has 0 N–H and O–H groups in total. The molecule has 2 atom stereocenters. The molecule has 0 saturated carbocycles. The molecule has 0 aromatic carbocycles. The summed E-state index contributed by atoms with van der Waals surface area (Å²) in [5, 5.41) is 4.73. The summed E-state index contributed by atoms with van der Waals surface area (Å²) in [7, 11) is -2.08. The third-order valence-electron chi connectivity index (χ3n) is 5.84. The third kappa shape index (κ3) is 5.49. The number of hydrogen-bond donors (Lipinski definition) is 0. The van der Waals surface area contributed by atoms with Crippen LogP contribution >= 0.6 is 45.1 Å². The van der Waals surface area contributed by atoms with Gasteiger partial charge in [-0.2, -0.15) is 0 Å². The van der Waals surface area contributed by atoms with E-state index >= 15 is 0 Å². The van der Waals surface area contributed by atoms with Crippen molar-refractivity contribution in [1.29, 1.82) is 0 Å². The second-order valence-electron chi connectivity index (χ2n) is 7.88. The van der Waals surface area contributed by atoms with Gasteiger partial charge < -0.3 is 18.9 Å². The van der Waals surface area contributed by atoms with Crippen molar-refractivity contribution < 1.29 is 18.9 Å². The molecule has 0 bridgehead atoms. The number of morpholine rings is 4. The van der Waals surface area contributed by atoms with Crippen molar-refractivity contribution >= 4 is 45.1 Å². The van der Waals surface area contributed by atoms with E-state index in [1.807, 2.05) is 0 Å². The molecule has 0 amide bonds. The average molecular weight is 550 g/mol. The van der Waals surface area contributed by atoms with Gasteiger partial charge in [-0.25, -0.2) is 19.2 Å². The Balaban J connectivity index is 1.56. The number of hydrogen-bond acceptors (Lipinski definition) is 11. The molecule has 16 heteroatoms. The van der Waals surface area contributed by atoms with E-state index in [-0.39, 0.29) is 0 Å². The highest BCUT2D eigenvalue weighted by atomic mass is 35.9. The Kier molecular flexibility index (Phi) is 9.00. The Bertz CT molecular complexity index is 674. The molecule has 0 aromatic heterocycles. The predicted molar refractivity (Wildman–Crippen MR) is 128 cm³/mol. The van der Waals surface area contributed by atoms with Gasteiger partial charge >= 0.3 is 0 Å². The van der Waals surface area contributed by atoms with Crippen LogP contribution in [0.1, 0.15) is 0 Å². The van der Waals surface area contributed by atoms with Crippen LogP contribution in [-0.4, -0.2) is 134 Å². The maximum atomic E-state index is 7.20. The molecular weight excluding hydrogens is 518 g/mol. The molecule has 32 heavy (non-hydrogen) atoms. The Morgan fingerprint density at radius 3 is 1.56 bits per heavy atom. The molecule has 0 aromatic rings. The number of ether oxygens (including phenoxy) is 4. The topological polar surface area (TPSA) is 68.7 Å². The van der Waals surface area contributed by atoms with Gasteiger partial charge in [0.25, 0.3) is 0 Å². The summed E-state index contributed by atoms with van der Waals surface area (Å²) >= 11 is 14.4. The molecule has 5 rings (SSSR count). The standard InChI is InChI=1S/C16H32Cl2N7O4P3/c17-32(18)19-30(22-5-13-28-14-6-22)24(20-1-9-26-10-2-20)31(23-7-15-29-16-8-23)25(32)21-3-11-27-12-4-21/h1-16H2. The minimum atomic E-state index is -2.78. The fraction of sp³-hybridized carbons (Fsp3) is 1.00. The molecule has 4 saturated heterocycles. The van der Waals surface area contributed by atoms with Crippen LogP contribution in [0, 0.1) is 0 Å². The van der Waals surface area contributed by atoms with Crippen LogP contribution in [0.15, 0.2) is 4.52 Å². The van der Waals surface area contributed by atoms with Gasteiger partial charge in [-0.3, -0.25) is 4.67 Å². The monoisotopic (exact) mass is 549 g/mol. The first-order valence-electron chi connectivity index (χ1n) is 11.2. The molecule has 5 aliphatic rings. The summed E-state index contributed by atoms with van der Waals surface area (Å²) in [4.78, 5) is 0. The molecule has 0 spiro atoms. The summed E-state index contributed by atoms with van der Waals surface area (Å²) in [6.45, 7) is 12.3. The van der Waals surface area contributed by atoms with Gasteiger partial charge in [-0.15, -0.1) is 9.10 Å². The molecule has 184 valence electrons. The van der Waals surface area contributed by atoms with Gasteiger partial charge in [-0.05, 0) is 22.5 Å². The van der Waals surface area contributed by atoms with Crippen LogP contribution in [0.4, 0.5) is 0 Å². The van der Waals surface area contributed by atoms with Crippen LogP contribution < -0.4 is 0 Å². The van der Waals surface area contributed by atoms with Crippen LogP contribution in [0.5, 0.6) is 0 Å². The summed E-state index contributed by atoms with van der Waals surface area (Å²) in [6.07, 6.45) is 0. The van der Waals surface area contributed by atoms with Gasteiger partial charge in [-0.1, -0.05) is 0 Å². The van der Waals surface area contributed by atoms with Crippen molar-refractivity contribution in [3.63, 3.8) is 0 Å². The fourth-order valence-electron chi connectivity index (χ4n) is 4.23. The van der Waals surface area contributed by atoms with Crippen molar-refractivity contribution in [1.82, 2.24) is 28.5 Å². The van der Waals surface area contributed by atoms with E-state index < -0.39 is 22.7 Å². The number of halogens is 2. The maximum Gasteiger partial charge on any atom is 0.230 e. The lowest BCUT2D eigenvalue weighted by Crippen LogP contribution is -2.55. The molecule has 0 aliphatic carbocycles. The van der Waals surface area contributed by atoms with E-state index in [2.05, 4.69) is 28.5 Å². The zero-order chi connectivity index (χ0) is 22.0. The van der Waals surface area contributed by atoms with E-state index in [4.69, 9.17) is 45.9 Å². The minimum Gasteiger partial charge on any atom is -0.379 e. The first-order chi connectivity index (χ1) is 15.6. The molecule has 11 nitrogen and oxygen atoms in total. The summed E-state index contributed by atoms with van der Waals surface area (Å²) in [5.74, 6) is -2.78. The van der Waals surface area contributed by atoms with Crippen molar-refractivity contribution in [3.8, 4) is 0 Å². The van der Waals surface area contributed by atoms with Gasteiger partial charge in [0.15, 0.2) is 16.7 Å². The highest BCUT2D eigenvalue weighted by Crippen LogP contribution is 2.84. The molecule has 5 aliphatic heterocycles. The Morgan fingerprint density at radius 1 is 0.594 bits per heavy atom. The first kappa shape index (κ1) is 24.9. The van der Waals surface area contributed by atoms with Gasteiger partial charge in [0, 0.05) is 52.4 Å². The number of rotatable bonds is 4. The summed E-state index contributed by atoms with van der Waals surface area (Å²) in [5.41, 5.74) is 0. The van der Waals surface area contributed by atoms with E-state index in [0.717, 1.165) is 65.6 Å². The zero-order valence-corrected chi connectivity index (χ0v) is 22.4. The Hall–Kier alpha value is 1.27. The number of nitrogens with zero attached hydrogens (tertiary/aromatic N) is 7. The van der Waals surface area contributed by atoms with Crippen LogP contribution in [-0.2, 0) is 18.9 Å². The van der Waals surface area contributed by atoms with Crippen molar-refractivity contribution in [2.45, 2.75) is 0 Å². The molecule has 2 unspecified atom stereocenters. The van der Waals surface area contributed by atoms with Crippen LogP contribution in [0.25, 0.3) is 0 Å². The Labute approximate surface area is 202 Å². The molecule has 0 radical (unpaired) electrons. The lowest BCUT2D eigenvalue weighted by atomic mass is 10.5. The van der Waals surface area contributed by atoms with Crippen molar-refractivity contribution in [3.05, 3.63) is 0 Å². The predicted octanol–water partition coefficient (Wildman–Crippen LogP) is 2.64. The highest BCUT2D eigenvalue weighted by Gasteiger charge is 2.53. The minimum absolute atomic E-state index is 0.673. The van der Waals surface area contributed by atoms with Crippen LogP contribution in [0.2, 0.25) is 0 Å². The van der Waals surface area contributed by atoms with Crippen LogP contribution in [0.3, 0.4) is 0 Å². The van der Waals surface area contributed by atoms with E-state index in [1.165, 1.54) is 0 Å². The lowest BCUT2D eigenvalue weighted by molar-refractivity contribution is -0.0319. The van der Waals surface area contributed by atoms with Gasteiger partial charge in [0.05, 0.1) is 52.9 Å². The largest absolute Gasteiger partial charge is 0.379 e. The third-order valence-corrected chi connectivity index (χ3v) is 16.5. The highest BCUT2D eigenvalue weighted by molar-refractivity contribution is 8.13. The quantitative estimate of drug-likeness (QED) is 0.489.